The summed E-state index contributed by atoms with van der Waals surface area (Å²) in [5.41, 5.74) is 1.83. The molecule has 1 aromatic carbocycles. The molecule has 0 spiro atoms. The summed E-state index contributed by atoms with van der Waals surface area (Å²) in [5.74, 6) is 0.526. The Bertz CT molecular complexity index is 1110. The molecule has 0 bridgehead atoms. The van der Waals surface area contributed by atoms with Gasteiger partial charge in [-0.3, -0.25) is 4.79 Å². The van der Waals surface area contributed by atoms with E-state index in [0.717, 1.165) is 5.57 Å². The van der Waals surface area contributed by atoms with Crippen LogP contribution in [0.15, 0.2) is 97.2 Å². The number of amides is 1. The third-order valence-electron chi connectivity index (χ3n) is 4.64. The van der Waals surface area contributed by atoms with Gasteiger partial charge >= 0.3 is 0 Å². The van der Waals surface area contributed by atoms with Crippen molar-refractivity contribution >= 4 is 29.1 Å². The van der Waals surface area contributed by atoms with Crippen LogP contribution in [0, 0.1) is 0 Å². The van der Waals surface area contributed by atoms with Crippen molar-refractivity contribution in [3.05, 3.63) is 103 Å². The van der Waals surface area contributed by atoms with Gasteiger partial charge in [0.05, 0.1) is 5.03 Å². The van der Waals surface area contributed by atoms with Gasteiger partial charge in [-0.05, 0) is 43.3 Å². The van der Waals surface area contributed by atoms with Gasteiger partial charge in [-0.1, -0.05) is 55.6 Å². The summed E-state index contributed by atoms with van der Waals surface area (Å²) in [6.07, 6.45) is 8.76. The van der Waals surface area contributed by atoms with Gasteiger partial charge in [-0.25, -0.2) is 9.97 Å². The number of aliphatic hydroxyl groups excluding tert-OH is 1. The van der Waals surface area contributed by atoms with Gasteiger partial charge in [0.1, 0.15) is 18.1 Å². The molecular formula is C26H30ClN5O3. The van der Waals surface area contributed by atoms with Crippen LogP contribution in [0.5, 0.6) is 5.75 Å². The Labute approximate surface area is 211 Å². The van der Waals surface area contributed by atoms with Crippen molar-refractivity contribution in [2.45, 2.75) is 13.3 Å². The maximum absolute atomic E-state index is 12.5. The number of ether oxygens (including phenoxy) is 1. The first kappa shape index (κ1) is 27.2. The molecule has 35 heavy (non-hydrogen) atoms. The number of anilines is 2. The SMILES string of the molecule is C=C/C=C(\C=C)COc1cccc(Nc2nccc(C(=O)NCCCN(C=C)/C(O)=C(\C)Cl)n2)c1. The third kappa shape index (κ3) is 9.02. The standard InChI is InChI=1S/C26H30ClN5O3/c1-5-10-20(6-2)18-35-22-12-8-11-21(17-22)30-26-29-15-13-23(31-26)24(33)28-14-9-16-32(7-3)25(34)19(4)27/h5-8,10-13,15,17,34H,1-3,9,14,16,18H2,4H3,(H,28,33)(H,29,30,31)/b20-10+,25-19-. The molecule has 8 nitrogen and oxygen atoms in total. The summed E-state index contributed by atoms with van der Waals surface area (Å²) in [7, 11) is 0. The van der Waals surface area contributed by atoms with E-state index in [0.29, 0.717) is 37.6 Å². The number of aliphatic hydroxyl groups is 1. The number of nitrogens with zero attached hydrogens (tertiary/aromatic N) is 3. The van der Waals surface area contributed by atoms with E-state index < -0.39 is 0 Å². The molecule has 0 aliphatic rings. The number of rotatable bonds is 14. The minimum atomic E-state index is -0.336. The molecule has 0 aliphatic carbocycles. The van der Waals surface area contributed by atoms with Crippen LogP contribution < -0.4 is 15.4 Å². The number of hydrogen-bond acceptors (Lipinski definition) is 7. The average molecular weight is 496 g/mol. The van der Waals surface area contributed by atoms with Crippen LogP contribution in [0.2, 0.25) is 0 Å². The summed E-state index contributed by atoms with van der Waals surface area (Å²) in [4.78, 5) is 22.5. The Balaban J connectivity index is 1.93. The number of nitrogens with one attached hydrogen (secondary N) is 2. The lowest BCUT2D eigenvalue weighted by Gasteiger charge is -2.19. The lowest BCUT2D eigenvalue weighted by Crippen LogP contribution is -2.28. The molecule has 0 fully saturated rings. The van der Waals surface area contributed by atoms with E-state index in [4.69, 9.17) is 16.3 Å². The van der Waals surface area contributed by atoms with Crippen molar-refractivity contribution < 1.29 is 14.6 Å². The molecule has 9 heteroatoms. The van der Waals surface area contributed by atoms with Crippen LogP contribution in [0.3, 0.4) is 0 Å². The molecule has 2 aromatic rings. The second kappa shape index (κ2) is 14.3. The first-order chi connectivity index (χ1) is 16.9. The fraction of sp³-hybridized carbons (Fsp3) is 0.192. The van der Waals surface area contributed by atoms with Crippen LogP contribution in [-0.2, 0) is 0 Å². The number of allylic oxidation sites excluding steroid dienone is 3. The van der Waals surface area contributed by atoms with Crippen LogP contribution >= 0.6 is 11.6 Å². The summed E-state index contributed by atoms with van der Waals surface area (Å²) in [5, 5.41) is 16.0. The van der Waals surface area contributed by atoms with E-state index >= 15 is 0 Å². The Hall–Kier alpha value is -4.04. The zero-order chi connectivity index (χ0) is 25.6. The predicted octanol–water partition coefficient (Wildman–Crippen LogP) is 5.45. The Morgan fingerprint density at radius 2 is 2.09 bits per heavy atom. The summed E-state index contributed by atoms with van der Waals surface area (Å²) in [6.45, 7) is 13.8. The topological polar surface area (TPSA) is 99.6 Å². The maximum atomic E-state index is 12.5. The van der Waals surface area contributed by atoms with E-state index in [1.165, 1.54) is 23.4 Å². The largest absolute Gasteiger partial charge is 0.494 e. The van der Waals surface area contributed by atoms with E-state index in [1.807, 2.05) is 30.3 Å². The second-order valence-corrected chi connectivity index (χ2v) is 7.80. The second-order valence-electron chi connectivity index (χ2n) is 7.23. The fourth-order valence-corrected chi connectivity index (χ4v) is 2.96. The first-order valence-corrected chi connectivity index (χ1v) is 11.3. The van der Waals surface area contributed by atoms with E-state index in [-0.39, 0.29) is 28.5 Å². The van der Waals surface area contributed by atoms with E-state index in [9.17, 15) is 9.90 Å². The van der Waals surface area contributed by atoms with Gasteiger partial charge in [0.25, 0.3) is 5.91 Å². The molecule has 0 atom stereocenters. The summed E-state index contributed by atoms with van der Waals surface area (Å²) in [6, 6.07) is 8.85. The maximum Gasteiger partial charge on any atom is 0.270 e. The highest BCUT2D eigenvalue weighted by Gasteiger charge is 2.11. The van der Waals surface area contributed by atoms with Crippen molar-refractivity contribution in [1.82, 2.24) is 20.2 Å². The lowest BCUT2D eigenvalue weighted by atomic mass is 10.2. The molecule has 0 saturated heterocycles. The predicted molar refractivity (Wildman–Crippen MR) is 141 cm³/mol. The minimum Gasteiger partial charge on any atom is -0.494 e. The molecule has 0 unspecified atom stereocenters. The number of carbonyl (C=O) groups excluding carboxylic acids is 1. The Morgan fingerprint density at radius 3 is 2.77 bits per heavy atom. The summed E-state index contributed by atoms with van der Waals surface area (Å²) < 4.78 is 5.79. The zero-order valence-electron chi connectivity index (χ0n) is 19.7. The van der Waals surface area contributed by atoms with Crippen LogP contribution in [0.1, 0.15) is 23.8 Å². The third-order valence-corrected chi connectivity index (χ3v) is 4.81. The number of aromatic nitrogens is 2. The van der Waals surface area contributed by atoms with E-state index in [1.54, 1.807) is 19.1 Å². The van der Waals surface area contributed by atoms with Gasteiger partial charge in [-0.15, -0.1) is 0 Å². The molecule has 0 radical (unpaired) electrons. The molecular weight excluding hydrogens is 466 g/mol. The van der Waals surface area contributed by atoms with Gasteiger partial charge < -0.3 is 25.4 Å². The first-order valence-electron chi connectivity index (χ1n) is 10.9. The van der Waals surface area contributed by atoms with E-state index in [2.05, 4.69) is 40.3 Å². The highest BCUT2D eigenvalue weighted by atomic mass is 35.5. The Kier molecular flexibility index (Phi) is 11.1. The van der Waals surface area contributed by atoms with Crippen molar-refractivity contribution in [3.63, 3.8) is 0 Å². The van der Waals surface area contributed by atoms with Gasteiger partial charge in [-0.2, -0.15) is 0 Å². The van der Waals surface area contributed by atoms with Gasteiger partial charge in [0.2, 0.25) is 11.8 Å². The number of benzene rings is 1. The van der Waals surface area contributed by atoms with Crippen molar-refractivity contribution in [2.24, 2.45) is 0 Å². The number of halogens is 1. The monoisotopic (exact) mass is 495 g/mol. The van der Waals surface area contributed by atoms with Crippen molar-refractivity contribution in [3.8, 4) is 5.75 Å². The summed E-state index contributed by atoms with van der Waals surface area (Å²) >= 11 is 5.81. The van der Waals surface area contributed by atoms with Crippen LogP contribution in [0.25, 0.3) is 0 Å². The number of hydrogen-bond donors (Lipinski definition) is 3. The highest BCUT2D eigenvalue weighted by Crippen LogP contribution is 2.20. The molecule has 3 N–H and O–H groups in total. The molecule has 1 heterocycles. The zero-order valence-corrected chi connectivity index (χ0v) is 20.5. The molecule has 2 rings (SSSR count). The van der Waals surface area contributed by atoms with Crippen molar-refractivity contribution in [2.75, 3.05) is 25.0 Å². The highest BCUT2D eigenvalue weighted by molar-refractivity contribution is 6.29. The molecule has 1 amide bonds. The van der Waals surface area contributed by atoms with Crippen LogP contribution in [0.4, 0.5) is 11.6 Å². The smallest absolute Gasteiger partial charge is 0.270 e. The van der Waals surface area contributed by atoms with Crippen LogP contribution in [-0.4, -0.2) is 45.6 Å². The fourth-order valence-electron chi connectivity index (χ4n) is 2.85. The lowest BCUT2D eigenvalue weighted by molar-refractivity contribution is 0.0947. The van der Waals surface area contributed by atoms with Crippen molar-refractivity contribution in [1.29, 1.82) is 0 Å². The molecule has 184 valence electrons. The molecule has 1 aromatic heterocycles. The average Bonchev–Trinajstić information content (AvgIpc) is 2.86. The van der Waals surface area contributed by atoms with Gasteiger partial charge in [0, 0.05) is 31.0 Å². The number of carbonyl (C=O) groups is 1. The molecule has 0 saturated carbocycles. The minimum absolute atomic E-state index is 0.0663. The normalized spacial score (nSPS) is 11.7. The quantitative estimate of drug-likeness (QED) is 0.182. The Morgan fingerprint density at radius 1 is 1.29 bits per heavy atom. The van der Waals surface area contributed by atoms with Gasteiger partial charge in [0.15, 0.2) is 0 Å². The molecule has 0 aliphatic heterocycles.